The molecule has 0 radical (unpaired) electrons. The van der Waals surface area contributed by atoms with Gasteiger partial charge in [0, 0.05) is 18.2 Å². The van der Waals surface area contributed by atoms with E-state index in [0.29, 0.717) is 6.61 Å². The minimum absolute atomic E-state index is 0.257. The van der Waals surface area contributed by atoms with Gasteiger partial charge in [0.15, 0.2) is 18.9 Å². The second-order valence-electron chi connectivity index (χ2n) is 6.92. The molecule has 5 rings (SSSR count). The van der Waals surface area contributed by atoms with Crippen LogP contribution in [0.1, 0.15) is 23.7 Å². The van der Waals surface area contributed by atoms with E-state index in [1.165, 1.54) is 0 Å². The van der Waals surface area contributed by atoms with Crippen molar-refractivity contribution in [1.29, 1.82) is 0 Å². The predicted molar refractivity (Wildman–Crippen MR) is 94.6 cm³/mol. The van der Waals surface area contributed by atoms with Gasteiger partial charge in [0.2, 0.25) is 0 Å². The Balaban J connectivity index is 1.38. The zero-order chi connectivity index (χ0) is 18.2. The highest BCUT2D eigenvalue weighted by molar-refractivity contribution is 5.19. The van der Waals surface area contributed by atoms with Gasteiger partial charge >= 0.3 is 0 Å². The van der Waals surface area contributed by atoms with Gasteiger partial charge in [0.05, 0.1) is 6.61 Å². The number of hydrogen-bond acceptors (Lipinski definition) is 6. The lowest BCUT2D eigenvalue weighted by molar-refractivity contribution is -0.306. The third kappa shape index (κ3) is 3.18. The number of rotatable bonds is 4. The maximum absolute atomic E-state index is 6.26. The van der Waals surface area contributed by atoms with Gasteiger partial charge in [-0.25, -0.2) is 0 Å². The van der Waals surface area contributed by atoms with Crippen LogP contribution in [0, 0.1) is 0 Å². The summed E-state index contributed by atoms with van der Waals surface area (Å²) in [5.74, 6) is 0. The first-order chi connectivity index (χ1) is 13.3. The normalized spacial score (nSPS) is 37.7. The lowest BCUT2D eigenvalue weighted by atomic mass is 10.0. The maximum Gasteiger partial charge on any atom is 0.190 e. The first-order valence-corrected chi connectivity index (χ1v) is 9.19. The van der Waals surface area contributed by atoms with Gasteiger partial charge in [-0.1, -0.05) is 60.7 Å². The van der Waals surface area contributed by atoms with Crippen molar-refractivity contribution in [2.45, 2.75) is 43.3 Å². The Morgan fingerprint density at radius 1 is 0.667 bits per heavy atom. The van der Waals surface area contributed by atoms with Crippen molar-refractivity contribution in [2.75, 3.05) is 13.7 Å². The van der Waals surface area contributed by atoms with E-state index in [9.17, 15) is 0 Å². The van der Waals surface area contributed by atoms with Crippen molar-refractivity contribution in [2.24, 2.45) is 0 Å². The lowest BCUT2D eigenvalue weighted by Gasteiger charge is -2.39. The number of hydrogen-bond donors (Lipinski definition) is 0. The molecule has 2 aromatic carbocycles. The van der Waals surface area contributed by atoms with Gasteiger partial charge in [-0.2, -0.15) is 0 Å². The van der Waals surface area contributed by atoms with Crippen molar-refractivity contribution in [1.82, 2.24) is 0 Å². The summed E-state index contributed by atoms with van der Waals surface area (Å²) in [6.45, 7) is 0.412. The van der Waals surface area contributed by atoms with Crippen LogP contribution in [-0.2, 0) is 28.4 Å². The van der Waals surface area contributed by atoms with Crippen LogP contribution in [0.4, 0.5) is 0 Å². The molecule has 0 saturated carbocycles. The molecule has 0 bridgehead atoms. The van der Waals surface area contributed by atoms with Gasteiger partial charge in [-0.15, -0.1) is 0 Å². The monoisotopic (exact) mass is 370 g/mol. The Morgan fingerprint density at radius 2 is 1.26 bits per heavy atom. The van der Waals surface area contributed by atoms with Crippen LogP contribution in [0.2, 0.25) is 0 Å². The molecule has 3 fully saturated rings. The minimum Gasteiger partial charge on any atom is -0.382 e. The summed E-state index contributed by atoms with van der Waals surface area (Å²) in [6.07, 6.45) is -2.58. The van der Waals surface area contributed by atoms with Crippen molar-refractivity contribution in [3.05, 3.63) is 71.8 Å². The zero-order valence-corrected chi connectivity index (χ0v) is 15.0. The average Bonchev–Trinajstić information content (AvgIpc) is 3.28. The fraction of sp³-hybridized carbons (Fsp3) is 0.429. The van der Waals surface area contributed by atoms with E-state index >= 15 is 0 Å². The molecular formula is C21H22O6. The fourth-order valence-electron chi connectivity index (χ4n) is 3.90. The Morgan fingerprint density at radius 3 is 1.89 bits per heavy atom. The van der Waals surface area contributed by atoms with E-state index in [0.717, 1.165) is 11.1 Å². The van der Waals surface area contributed by atoms with Gasteiger partial charge < -0.3 is 28.4 Å². The van der Waals surface area contributed by atoms with Crippen molar-refractivity contribution < 1.29 is 28.4 Å². The van der Waals surface area contributed by atoms with E-state index in [4.69, 9.17) is 28.4 Å². The molecule has 142 valence electrons. The summed E-state index contributed by atoms with van der Waals surface area (Å²) >= 11 is 0. The highest BCUT2D eigenvalue weighted by atomic mass is 16.8. The highest BCUT2D eigenvalue weighted by Crippen LogP contribution is 2.45. The summed E-state index contributed by atoms with van der Waals surface area (Å²) in [7, 11) is 1.65. The average molecular weight is 370 g/mol. The molecule has 3 heterocycles. The molecule has 0 aliphatic carbocycles. The van der Waals surface area contributed by atoms with Crippen molar-refractivity contribution in [3.63, 3.8) is 0 Å². The van der Waals surface area contributed by atoms with Gasteiger partial charge in [-0.05, 0) is 0 Å². The van der Waals surface area contributed by atoms with E-state index < -0.39 is 18.9 Å². The van der Waals surface area contributed by atoms with Gasteiger partial charge in [-0.3, -0.25) is 0 Å². The Kier molecular flexibility index (Phi) is 4.69. The number of fused-ring (bicyclic) bond motifs is 3. The molecule has 0 N–H and O–H groups in total. The molecule has 2 aromatic rings. The molecule has 27 heavy (non-hydrogen) atoms. The van der Waals surface area contributed by atoms with E-state index in [1.54, 1.807) is 7.11 Å². The van der Waals surface area contributed by atoms with Crippen LogP contribution < -0.4 is 0 Å². The van der Waals surface area contributed by atoms with Crippen molar-refractivity contribution >= 4 is 0 Å². The molecule has 2 unspecified atom stereocenters. The number of ether oxygens (including phenoxy) is 6. The third-order valence-electron chi connectivity index (χ3n) is 5.17. The van der Waals surface area contributed by atoms with Crippen LogP contribution in [0.3, 0.4) is 0 Å². The number of methoxy groups -OCH3 is 1. The van der Waals surface area contributed by atoms with Crippen LogP contribution in [0.5, 0.6) is 0 Å². The summed E-state index contributed by atoms with van der Waals surface area (Å²) in [6, 6.07) is 19.7. The first-order valence-electron chi connectivity index (χ1n) is 9.19. The molecular weight excluding hydrogens is 348 g/mol. The lowest BCUT2D eigenvalue weighted by Crippen LogP contribution is -2.50. The van der Waals surface area contributed by atoms with E-state index in [1.807, 2.05) is 60.7 Å². The molecule has 7 atom stereocenters. The molecule has 0 amide bonds. The summed E-state index contributed by atoms with van der Waals surface area (Å²) < 4.78 is 36.0. The second-order valence-corrected chi connectivity index (χ2v) is 6.92. The van der Waals surface area contributed by atoms with E-state index in [2.05, 4.69) is 0 Å². The molecule has 6 heteroatoms. The highest BCUT2D eigenvalue weighted by Gasteiger charge is 2.58. The standard InChI is InChI=1S/C21H22O6/c1-22-12-15-16-17(25-19(23-15)13-8-4-2-5-9-13)18-21(24-16)27-20(26-18)14-10-6-3-7-11-14/h2-11,15-21H,12H2,1H3/t15-,16-,17+,18-,19?,20?,21-/m1/s1. The molecule has 6 nitrogen and oxygen atoms in total. The quantitative estimate of drug-likeness (QED) is 0.825. The third-order valence-corrected chi connectivity index (χ3v) is 5.17. The van der Waals surface area contributed by atoms with Crippen LogP contribution in [0.25, 0.3) is 0 Å². The molecule has 3 aliphatic heterocycles. The zero-order valence-electron chi connectivity index (χ0n) is 15.0. The molecule has 3 saturated heterocycles. The second kappa shape index (κ2) is 7.31. The SMILES string of the molecule is COC[C@H]1OC(c2ccccc2)O[C@@H]2[C@H]3OC(c4ccccc4)O[C@H]3O[C@@H]21. The Labute approximate surface area is 157 Å². The van der Waals surface area contributed by atoms with Gasteiger partial charge in [0.1, 0.15) is 24.4 Å². The largest absolute Gasteiger partial charge is 0.382 e. The molecule has 0 aromatic heterocycles. The first kappa shape index (κ1) is 17.3. The Bertz CT molecular complexity index is 754. The summed E-state index contributed by atoms with van der Waals surface area (Å²) in [5, 5.41) is 0. The summed E-state index contributed by atoms with van der Waals surface area (Å²) in [5.41, 5.74) is 1.92. The maximum atomic E-state index is 6.26. The fourth-order valence-corrected chi connectivity index (χ4v) is 3.90. The van der Waals surface area contributed by atoms with E-state index in [-0.39, 0.29) is 24.4 Å². The minimum atomic E-state index is -0.491. The smallest absolute Gasteiger partial charge is 0.190 e. The Hall–Kier alpha value is -1.80. The van der Waals surface area contributed by atoms with Crippen molar-refractivity contribution in [3.8, 4) is 0 Å². The van der Waals surface area contributed by atoms with Gasteiger partial charge in [0.25, 0.3) is 0 Å². The topological polar surface area (TPSA) is 55.4 Å². The number of benzene rings is 2. The molecule has 3 aliphatic rings. The molecule has 0 spiro atoms. The summed E-state index contributed by atoms with van der Waals surface area (Å²) in [4.78, 5) is 0. The van der Waals surface area contributed by atoms with Crippen LogP contribution in [-0.4, -0.2) is 44.4 Å². The van der Waals surface area contributed by atoms with Crippen LogP contribution in [0.15, 0.2) is 60.7 Å². The van der Waals surface area contributed by atoms with Crippen LogP contribution >= 0.6 is 0 Å². The predicted octanol–water partition coefficient (Wildman–Crippen LogP) is 2.95.